The van der Waals surface area contributed by atoms with E-state index in [9.17, 15) is 4.79 Å². The number of carbonyl (C=O) groups excluding carboxylic acids is 1. The lowest BCUT2D eigenvalue weighted by atomic mass is 10.1. The van der Waals surface area contributed by atoms with Gasteiger partial charge in [0.05, 0.1) is 5.52 Å². The lowest BCUT2D eigenvalue weighted by Crippen LogP contribution is -2.27. The molecule has 1 N–H and O–H groups in total. The van der Waals surface area contributed by atoms with Gasteiger partial charge in [-0.3, -0.25) is 4.79 Å². The summed E-state index contributed by atoms with van der Waals surface area (Å²) in [6, 6.07) is 17.3. The number of hydrogen-bond donors (Lipinski definition) is 1. The van der Waals surface area contributed by atoms with Crippen molar-refractivity contribution in [2.24, 2.45) is 0 Å². The first-order valence-corrected chi connectivity index (χ1v) is 5.95. The molecule has 94 valence electrons. The Morgan fingerprint density at radius 1 is 1.05 bits per heavy atom. The molecule has 0 aliphatic carbocycles. The Kier molecular flexibility index (Phi) is 2.94. The molecule has 3 rings (SSSR count). The second-order valence-corrected chi connectivity index (χ2v) is 4.12. The maximum atomic E-state index is 10.8. The molecule has 1 heterocycles. The second-order valence-electron chi connectivity index (χ2n) is 4.12. The number of amides is 1. The van der Waals surface area contributed by atoms with Crippen molar-refractivity contribution in [1.82, 2.24) is 20.3 Å². The van der Waals surface area contributed by atoms with E-state index in [1.54, 1.807) is 4.68 Å². The van der Waals surface area contributed by atoms with Crippen molar-refractivity contribution in [3.63, 3.8) is 0 Å². The zero-order valence-electron chi connectivity index (χ0n) is 10.1. The predicted molar refractivity (Wildman–Crippen MR) is 71.3 cm³/mol. The van der Waals surface area contributed by atoms with E-state index in [0.717, 1.165) is 16.6 Å². The van der Waals surface area contributed by atoms with Crippen molar-refractivity contribution in [2.75, 3.05) is 0 Å². The average Bonchev–Trinajstić information content (AvgIpc) is 2.89. The Labute approximate surface area is 109 Å². The van der Waals surface area contributed by atoms with Crippen molar-refractivity contribution in [3.8, 4) is 0 Å². The molecular formula is C14H12N4O. The molecule has 0 saturated carbocycles. The SMILES string of the molecule is O=CNC(c1ccccc1)n1nnc2ccccc21. The highest BCUT2D eigenvalue weighted by molar-refractivity contribution is 5.74. The summed E-state index contributed by atoms with van der Waals surface area (Å²) < 4.78 is 1.71. The topological polar surface area (TPSA) is 59.8 Å². The Morgan fingerprint density at radius 2 is 1.79 bits per heavy atom. The largest absolute Gasteiger partial charge is 0.333 e. The summed E-state index contributed by atoms with van der Waals surface area (Å²) in [4.78, 5) is 10.8. The number of hydrogen-bond acceptors (Lipinski definition) is 3. The van der Waals surface area contributed by atoms with Gasteiger partial charge in [-0.2, -0.15) is 0 Å². The Bertz CT molecular complexity index is 693. The molecule has 0 radical (unpaired) electrons. The number of benzene rings is 2. The van der Waals surface area contributed by atoms with E-state index >= 15 is 0 Å². The first-order chi connectivity index (χ1) is 9.40. The van der Waals surface area contributed by atoms with Crippen LogP contribution in [0.25, 0.3) is 11.0 Å². The summed E-state index contributed by atoms with van der Waals surface area (Å²) in [7, 11) is 0. The molecule has 0 spiro atoms. The van der Waals surface area contributed by atoms with Crippen LogP contribution in [0, 0.1) is 0 Å². The number of nitrogens with one attached hydrogen (secondary N) is 1. The fraction of sp³-hybridized carbons (Fsp3) is 0.0714. The van der Waals surface area contributed by atoms with Gasteiger partial charge in [-0.25, -0.2) is 4.68 Å². The van der Waals surface area contributed by atoms with Crippen LogP contribution in [0.4, 0.5) is 0 Å². The van der Waals surface area contributed by atoms with Crippen molar-refractivity contribution in [2.45, 2.75) is 6.17 Å². The van der Waals surface area contributed by atoms with E-state index in [4.69, 9.17) is 0 Å². The number of nitrogens with zero attached hydrogens (tertiary/aromatic N) is 3. The van der Waals surface area contributed by atoms with Crippen LogP contribution >= 0.6 is 0 Å². The first kappa shape index (κ1) is 11.4. The van der Waals surface area contributed by atoms with Gasteiger partial charge >= 0.3 is 0 Å². The Balaban J connectivity index is 2.12. The van der Waals surface area contributed by atoms with E-state index in [2.05, 4.69) is 15.6 Å². The lowest BCUT2D eigenvalue weighted by Gasteiger charge is -2.17. The average molecular weight is 252 g/mol. The number of para-hydroxylation sites is 1. The van der Waals surface area contributed by atoms with Crippen LogP contribution in [0.3, 0.4) is 0 Å². The highest BCUT2D eigenvalue weighted by atomic mass is 16.1. The van der Waals surface area contributed by atoms with E-state index in [1.165, 1.54) is 0 Å². The monoisotopic (exact) mass is 252 g/mol. The van der Waals surface area contributed by atoms with Crippen molar-refractivity contribution in [3.05, 3.63) is 60.2 Å². The van der Waals surface area contributed by atoms with Gasteiger partial charge in [-0.15, -0.1) is 5.10 Å². The van der Waals surface area contributed by atoms with Gasteiger partial charge < -0.3 is 5.32 Å². The number of carbonyl (C=O) groups is 1. The summed E-state index contributed by atoms with van der Waals surface area (Å²) >= 11 is 0. The predicted octanol–water partition coefficient (Wildman–Crippen LogP) is 1.72. The smallest absolute Gasteiger partial charge is 0.209 e. The molecule has 3 aromatic rings. The minimum atomic E-state index is -0.355. The third-order valence-electron chi connectivity index (χ3n) is 2.96. The summed E-state index contributed by atoms with van der Waals surface area (Å²) in [5.41, 5.74) is 2.63. The maximum absolute atomic E-state index is 10.8. The van der Waals surface area contributed by atoms with Crippen LogP contribution in [0.15, 0.2) is 54.6 Å². The van der Waals surface area contributed by atoms with E-state index in [-0.39, 0.29) is 6.17 Å². The minimum Gasteiger partial charge on any atom is -0.333 e. The van der Waals surface area contributed by atoms with E-state index < -0.39 is 0 Å². The molecule has 1 amide bonds. The van der Waals surface area contributed by atoms with Crippen molar-refractivity contribution < 1.29 is 4.79 Å². The quantitative estimate of drug-likeness (QED) is 0.719. The van der Waals surface area contributed by atoms with Crippen molar-refractivity contribution in [1.29, 1.82) is 0 Å². The van der Waals surface area contributed by atoms with Crippen LogP contribution < -0.4 is 5.32 Å². The number of fused-ring (bicyclic) bond motifs is 1. The second kappa shape index (κ2) is 4.89. The van der Waals surface area contributed by atoms with Crippen LogP contribution in [0.5, 0.6) is 0 Å². The molecule has 0 aliphatic rings. The molecule has 2 aromatic carbocycles. The van der Waals surface area contributed by atoms with E-state index in [1.807, 2.05) is 54.6 Å². The molecule has 19 heavy (non-hydrogen) atoms. The fourth-order valence-electron chi connectivity index (χ4n) is 2.09. The molecule has 5 nitrogen and oxygen atoms in total. The summed E-state index contributed by atoms with van der Waals surface area (Å²) in [5.74, 6) is 0. The Morgan fingerprint density at radius 3 is 2.58 bits per heavy atom. The lowest BCUT2D eigenvalue weighted by molar-refractivity contribution is -0.110. The maximum Gasteiger partial charge on any atom is 0.209 e. The zero-order chi connectivity index (χ0) is 13.1. The molecular weight excluding hydrogens is 240 g/mol. The Hall–Kier alpha value is -2.69. The van der Waals surface area contributed by atoms with Gasteiger partial charge in [0.15, 0.2) is 6.17 Å². The molecule has 0 aliphatic heterocycles. The first-order valence-electron chi connectivity index (χ1n) is 5.95. The standard InChI is InChI=1S/C14H12N4O/c19-10-15-14(11-6-2-1-3-7-11)18-13-9-5-4-8-12(13)16-17-18/h1-10,14H,(H,15,19). The van der Waals surface area contributed by atoms with E-state index in [0.29, 0.717) is 6.41 Å². The summed E-state index contributed by atoms with van der Waals surface area (Å²) in [5, 5.41) is 11.0. The fourth-order valence-corrected chi connectivity index (χ4v) is 2.09. The third kappa shape index (κ3) is 2.06. The van der Waals surface area contributed by atoms with Gasteiger partial charge in [-0.05, 0) is 17.7 Å². The highest BCUT2D eigenvalue weighted by Gasteiger charge is 2.16. The number of rotatable bonds is 4. The molecule has 0 bridgehead atoms. The van der Waals surface area contributed by atoms with Crippen LogP contribution in [-0.2, 0) is 4.79 Å². The summed E-state index contributed by atoms with van der Waals surface area (Å²) in [6.45, 7) is 0. The third-order valence-corrected chi connectivity index (χ3v) is 2.96. The van der Waals surface area contributed by atoms with Gasteiger partial charge in [0.1, 0.15) is 5.52 Å². The highest BCUT2D eigenvalue weighted by Crippen LogP contribution is 2.19. The van der Waals surface area contributed by atoms with Crippen molar-refractivity contribution >= 4 is 17.4 Å². The normalized spacial score (nSPS) is 12.2. The van der Waals surface area contributed by atoms with Crippen LogP contribution in [0.1, 0.15) is 11.7 Å². The molecule has 0 saturated heterocycles. The molecule has 1 unspecified atom stereocenters. The molecule has 0 fully saturated rings. The molecule has 1 aromatic heterocycles. The van der Waals surface area contributed by atoms with Crippen LogP contribution in [0.2, 0.25) is 0 Å². The van der Waals surface area contributed by atoms with Crippen LogP contribution in [-0.4, -0.2) is 21.4 Å². The van der Waals surface area contributed by atoms with Gasteiger partial charge in [0, 0.05) is 0 Å². The zero-order valence-corrected chi connectivity index (χ0v) is 10.1. The van der Waals surface area contributed by atoms with Gasteiger partial charge in [0.25, 0.3) is 0 Å². The number of aromatic nitrogens is 3. The molecule has 5 heteroatoms. The van der Waals surface area contributed by atoms with Gasteiger partial charge in [0.2, 0.25) is 6.41 Å². The molecule has 1 atom stereocenters. The minimum absolute atomic E-state index is 0.355. The summed E-state index contributed by atoms with van der Waals surface area (Å²) in [6.07, 6.45) is 0.319. The van der Waals surface area contributed by atoms with Gasteiger partial charge in [-0.1, -0.05) is 47.7 Å².